The van der Waals surface area contributed by atoms with Crippen LogP contribution in [0.2, 0.25) is 0 Å². The van der Waals surface area contributed by atoms with Crippen molar-refractivity contribution in [3.63, 3.8) is 0 Å². The number of hydrogen-bond acceptors (Lipinski definition) is 5. The molecule has 0 bridgehead atoms. The van der Waals surface area contributed by atoms with Gasteiger partial charge in [-0.3, -0.25) is 15.1 Å². The zero-order valence-electron chi connectivity index (χ0n) is 18.9. The summed E-state index contributed by atoms with van der Waals surface area (Å²) in [5.74, 6) is -0.189. The lowest BCUT2D eigenvalue weighted by atomic mass is 10.1. The molecule has 0 saturated carbocycles. The van der Waals surface area contributed by atoms with E-state index < -0.39 is 6.09 Å². The number of benzene rings is 3. The monoisotopic (exact) mass is 533 g/mol. The van der Waals surface area contributed by atoms with Crippen molar-refractivity contribution in [2.75, 3.05) is 36.6 Å². The highest BCUT2D eigenvalue weighted by molar-refractivity contribution is 9.10. The Morgan fingerprint density at radius 3 is 2.49 bits per heavy atom. The van der Waals surface area contributed by atoms with Crippen LogP contribution in [0.3, 0.4) is 0 Å². The van der Waals surface area contributed by atoms with Crippen molar-refractivity contribution in [1.82, 2.24) is 4.98 Å². The minimum Gasteiger partial charge on any atom is -0.447 e. The van der Waals surface area contributed by atoms with Crippen molar-refractivity contribution in [2.45, 2.75) is 0 Å². The fraction of sp³-hybridized carbons (Fsp3) is 0.148. The van der Waals surface area contributed by atoms with Crippen molar-refractivity contribution in [3.05, 3.63) is 101 Å². The van der Waals surface area contributed by atoms with Gasteiger partial charge in [0.25, 0.3) is 5.91 Å². The Morgan fingerprint density at radius 2 is 1.66 bits per heavy atom. The third-order valence-corrected chi connectivity index (χ3v) is 5.95. The number of halogens is 1. The smallest absolute Gasteiger partial charge is 0.411 e. The van der Waals surface area contributed by atoms with Crippen molar-refractivity contribution >= 4 is 50.1 Å². The first-order valence-electron chi connectivity index (χ1n) is 11.1. The number of nitrogens with one attached hydrogen (secondary N) is 1. The molecule has 178 valence electrons. The summed E-state index contributed by atoms with van der Waals surface area (Å²) in [6.07, 6.45) is 2.60. The van der Waals surface area contributed by atoms with Gasteiger partial charge in [-0.2, -0.15) is 0 Å². The van der Waals surface area contributed by atoms with E-state index in [1.165, 1.54) is 6.20 Å². The van der Waals surface area contributed by atoms with E-state index >= 15 is 0 Å². The Kier molecular flexibility index (Phi) is 8.43. The van der Waals surface area contributed by atoms with Crippen molar-refractivity contribution in [1.29, 1.82) is 0 Å². The minimum atomic E-state index is -0.549. The van der Waals surface area contributed by atoms with Gasteiger partial charge in [0.15, 0.2) is 0 Å². The lowest BCUT2D eigenvalue weighted by Gasteiger charge is -2.23. The van der Waals surface area contributed by atoms with E-state index in [2.05, 4.69) is 26.2 Å². The van der Waals surface area contributed by atoms with E-state index in [1.54, 1.807) is 17.2 Å². The first kappa shape index (κ1) is 24.4. The predicted octanol–water partition coefficient (Wildman–Crippen LogP) is 5.91. The van der Waals surface area contributed by atoms with Gasteiger partial charge in [-0.1, -0.05) is 54.6 Å². The van der Waals surface area contributed by atoms with Gasteiger partial charge in [0, 0.05) is 34.5 Å². The number of pyridine rings is 1. The van der Waals surface area contributed by atoms with Gasteiger partial charge in [0.1, 0.15) is 6.61 Å². The minimum absolute atomic E-state index is 0.0873. The lowest BCUT2D eigenvalue weighted by Crippen LogP contribution is -2.34. The van der Waals surface area contributed by atoms with E-state index in [-0.39, 0.29) is 25.7 Å². The summed E-state index contributed by atoms with van der Waals surface area (Å²) in [5.41, 5.74) is 1.90. The molecule has 1 heterocycles. The third kappa shape index (κ3) is 6.44. The molecular formula is C27H24BrN3O4. The molecular weight excluding hydrogens is 510 g/mol. The van der Waals surface area contributed by atoms with Crippen LogP contribution in [0.5, 0.6) is 0 Å². The molecule has 0 aliphatic heterocycles. The molecule has 0 spiro atoms. The van der Waals surface area contributed by atoms with Crippen LogP contribution in [0.1, 0.15) is 10.4 Å². The van der Waals surface area contributed by atoms with Gasteiger partial charge in [-0.05, 0) is 45.6 Å². The molecule has 0 aliphatic carbocycles. The molecule has 0 atom stereocenters. The summed E-state index contributed by atoms with van der Waals surface area (Å²) in [6.45, 7) is 0.888. The maximum Gasteiger partial charge on any atom is 0.411 e. The second-order valence-electron chi connectivity index (χ2n) is 7.55. The SMILES string of the molecule is O=C(Nc1cccc2ccccc12)OCCOCCN(C(=O)c1cnccc1Br)c1ccccc1. The molecule has 1 N–H and O–H groups in total. The van der Waals surface area contributed by atoms with Gasteiger partial charge in [-0.15, -0.1) is 0 Å². The Labute approximate surface area is 211 Å². The van der Waals surface area contributed by atoms with Gasteiger partial charge >= 0.3 is 6.09 Å². The molecule has 4 aromatic rings. The number of carbonyl (C=O) groups is 2. The molecule has 4 rings (SSSR count). The maximum atomic E-state index is 13.2. The predicted molar refractivity (Wildman–Crippen MR) is 140 cm³/mol. The fourth-order valence-electron chi connectivity index (χ4n) is 3.57. The molecule has 8 heteroatoms. The number of rotatable bonds is 9. The molecule has 1 aromatic heterocycles. The Bertz CT molecular complexity index is 1290. The van der Waals surface area contributed by atoms with Gasteiger partial charge in [-0.25, -0.2) is 4.79 Å². The molecule has 0 aliphatic rings. The summed E-state index contributed by atoms with van der Waals surface area (Å²) in [6, 6.07) is 24.6. The maximum absolute atomic E-state index is 13.2. The second-order valence-corrected chi connectivity index (χ2v) is 8.40. The number of fused-ring (bicyclic) bond motifs is 1. The van der Waals surface area contributed by atoms with E-state index in [4.69, 9.17) is 9.47 Å². The second kappa shape index (κ2) is 12.1. The summed E-state index contributed by atoms with van der Waals surface area (Å²) in [5, 5.41) is 4.74. The van der Waals surface area contributed by atoms with E-state index in [1.807, 2.05) is 72.8 Å². The first-order chi connectivity index (χ1) is 17.1. The number of ether oxygens (including phenoxy) is 2. The topological polar surface area (TPSA) is 80.8 Å². The molecule has 3 aromatic carbocycles. The molecule has 0 saturated heterocycles. The van der Waals surface area contributed by atoms with Crippen LogP contribution in [0.25, 0.3) is 10.8 Å². The normalized spacial score (nSPS) is 10.7. The lowest BCUT2D eigenvalue weighted by molar-refractivity contribution is 0.0791. The molecule has 2 amide bonds. The van der Waals surface area contributed by atoms with Crippen LogP contribution in [-0.2, 0) is 9.47 Å². The van der Waals surface area contributed by atoms with Gasteiger partial charge in [0.05, 0.1) is 24.5 Å². The van der Waals surface area contributed by atoms with E-state index in [0.29, 0.717) is 22.3 Å². The van der Waals surface area contributed by atoms with E-state index in [0.717, 1.165) is 16.5 Å². The van der Waals surface area contributed by atoms with E-state index in [9.17, 15) is 9.59 Å². The number of hydrogen-bond donors (Lipinski definition) is 1. The van der Waals surface area contributed by atoms with Crippen LogP contribution in [0.15, 0.2) is 95.7 Å². The average molecular weight is 534 g/mol. The number of nitrogens with zero attached hydrogens (tertiary/aromatic N) is 2. The highest BCUT2D eigenvalue weighted by atomic mass is 79.9. The summed E-state index contributed by atoms with van der Waals surface area (Å²) < 4.78 is 11.6. The van der Waals surface area contributed by atoms with Crippen molar-refractivity contribution in [2.24, 2.45) is 0 Å². The Hall–Kier alpha value is -3.75. The number of carbonyl (C=O) groups excluding carboxylic acids is 2. The molecule has 0 radical (unpaired) electrons. The number of para-hydroxylation sites is 1. The van der Waals surface area contributed by atoms with Crippen LogP contribution in [-0.4, -0.2) is 43.3 Å². The Morgan fingerprint density at radius 1 is 0.886 bits per heavy atom. The first-order valence-corrected chi connectivity index (χ1v) is 11.9. The third-order valence-electron chi connectivity index (χ3n) is 5.26. The zero-order chi connectivity index (χ0) is 24.5. The van der Waals surface area contributed by atoms with Crippen LogP contribution < -0.4 is 10.2 Å². The van der Waals surface area contributed by atoms with Gasteiger partial charge in [0.2, 0.25) is 0 Å². The highest BCUT2D eigenvalue weighted by Crippen LogP contribution is 2.23. The largest absolute Gasteiger partial charge is 0.447 e. The van der Waals surface area contributed by atoms with Gasteiger partial charge < -0.3 is 14.4 Å². The number of amides is 2. The molecule has 7 nitrogen and oxygen atoms in total. The molecule has 0 fully saturated rings. The zero-order valence-corrected chi connectivity index (χ0v) is 20.5. The van der Waals surface area contributed by atoms with Crippen LogP contribution in [0, 0.1) is 0 Å². The fourth-order valence-corrected chi connectivity index (χ4v) is 3.96. The van der Waals surface area contributed by atoms with Crippen molar-refractivity contribution in [3.8, 4) is 0 Å². The van der Waals surface area contributed by atoms with Crippen LogP contribution >= 0.6 is 15.9 Å². The molecule has 0 unspecified atom stereocenters. The summed E-state index contributed by atoms with van der Waals surface area (Å²) in [7, 11) is 0. The highest BCUT2D eigenvalue weighted by Gasteiger charge is 2.20. The average Bonchev–Trinajstić information content (AvgIpc) is 2.89. The standard InChI is InChI=1S/C27H24BrN3O4/c28-24-13-14-29-19-23(24)26(32)31(21-9-2-1-3-10-21)15-16-34-17-18-35-27(33)30-25-12-6-8-20-7-4-5-11-22(20)25/h1-14,19H,15-18H2,(H,30,33). The summed E-state index contributed by atoms with van der Waals surface area (Å²) >= 11 is 3.42. The van der Waals surface area contributed by atoms with Crippen molar-refractivity contribution < 1.29 is 19.1 Å². The summed E-state index contributed by atoms with van der Waals surface area (Å²) in [4.78, 5) is 31.1. The molecule has 35 heavy (non-hydrogen) atoms. The quantitative estimate of drug-likeness (QED) is 0.270. The number of anilines is 2. The van der Waals surface area contributed by atoms with Crippen LogP contribution in [0.4, 0.5) is 16.2 Å². The Balaban J connectivity index is 1.26. The number of aromatic nitrogens is 1.